The molecular weight excluding hydrogens is 216 g/mol. The highest BCUT2D eigenvalue weighted by Crippen LogP contribution is 2.12. The summed E-state index contributed by atoms with van der Waals surface area (Å²) in [6.07, 6.45) is 1.61. The van der Waals surface area contributed by atoms with Crippen LogP contribution in [0.15, 0.2) is 30.5 Å². The monoisotopic (exact) mass is 226 g/mol. The predicted octanol–water partition coefficient (Wildman–Crippen LogP) is 0.938. The first-order chi connectivity index (χ1) is 8.29. The average Bonchev–Trinajstić information content (AvgIpc) is 2.39. The molecule has 0 saturated heterocycles. The third kappa shape index (κ3) is 2.66. The van der Waals surface area contributed by atoms with E-state index in [0.717, 1.165) is 5.69 Å². The number of nitrogens with zero attached hydrogens (tertiary/aromatic N) is 4. The van der Waals surface area contributed by atoms with Gasteiger partial charge in [0.1, 0.15) is 11.9 Å². The topological polar surface area (TPSA) is 101 Å². The van der Waals surface area contributed by atoms with E-state index in [0.29, 0.717) is 18.1 Å². The van der Waals surface area contributed by atoms with Crippen molar-refractivity contribution in [3.63, 3.8) is 0 Å². The van der Waals surface area contributed by atoms with E-state index < -0.39 is 0 Å². The minimum atomic E-state index is 0.217. The molecule has 2 heterocycles. The summed E-state index contributed by atoms with van der Waals surface area (Å²) in [4.78, 5) is 4.06. The third-order valence-electron chi connectivity index (χ3n) is 2.11. The normalized spacial score (nSPS) is 9.59. The zero-order chi connectivity index (χ0) is 12.1. The Bertz CT molecular complexity index is 546. The van der Waals surface area contributed by atoms with E-state index in [2.05, 4.69) is 20.5 Å². The Kier molecular flexibility index (Phi) is 3.12. The molecule has 0 fully saturated rings. The molecule has 84 valence electrons. The van der Waals surface area contributed by atoms with Gasteiger partial charge >= 0.3 is 0 Å². The van der Waals surface area contributed by atoms with Crippen LogP contribution in [0.4, 0.5) is 11.5 Å². The smallest absolute Gasteiger partial charge is 0.165 e. The maximum atomic E-state index is 8.79. The molecule has 2 aromatic heterocycles. The highest BCUT2D eigenvalue weighted by molar-refractivity contribution is 5.54. The van der Waals surface area contributed by atoms with Crippen LogP contribution in [0.1, 0.15) is 11.4 Å². The van der Waals surface area contributed by atoms with Gasteiger partial charge in [0.15, 0.2) is 5.69 Å². The van der Waals surface area contributed by atoms with Crippen molar-refractivity contribution in [1.82, 2.24) is 15.2 Å². The molecule has 0 atom stereocenters. The number of hydrogen-bond donors (Lipinski definition) is 2. The first-order valence-electron chi connectivity index (χ1n) is 4.96. The highest BCUT2D eigenvalue weighted by atomic mass is 15.1. The molecule has 0 spiro atoms. The van der Waals surface area contributed by atoms with Crippen molar-refractivity contribution in [2.75, 3.05) is 11.1 Å². The van der Waals surface area contributed by atoms with Gasteiger partial charge in [0.25, 0.3) is 0 Å². The van der Waals surface area contributed by atoms with E-state index in [1.807, 2.05) is 12.1 Å². The van der Waals surface area contributed by atoms with E-state index in [1.165, 1.54) is 0 Å². The molecule has 6 heteroatoms. The van der Waals surface area contributed by atoms with Crippen molar-refractivity contribution in [2.45, 2.75) is 6.54 Å². The van der Waals surface area contributed by atoms with Crippen LogP contribution in [0.3, 0.4) is 0 Å². The summed E-state index contributed by atoms with van der Waals surface area (Å²) in [5, 5.41) is 19.5. The van der Waals surface area contributed by atoms with E-state index in [1.54, 1.807) is 24.4 Å². The molecule has 0 unspecified atom stereocenters. The second-order valence-corrected chi connectivity index (χ2v) is 3.31. The van der Waals surface area contributed by atoms with Crippen LogP contribution in [0.2, 0.25) is 0 Å². The number of pyridine rings is 1. The lowest BCUT2D eigenvalue weighted by Gasteiger charge is -2.05. The summed E-state index contributed by atoms with van der Waals surface area (Å²) in [5.74, 6) is 0.585. The fourth-order valence-corrected chi connectivity index (χ4v) is 1.27. The molecule has 2 aromatic rings. The van der Waals surface area contributed by atoms with Gasteiger partial charge in [-0.2, -0.15) is 15.5 Å². The van der Waals surface area contributed by atoms with Gasteiger partial charge in [-0.1, -0.05) is 0 Å². The lowest BCUT2D eigenvalue weighted by molar-refractivity contribution is 0.920. The van der Waals surface area contributed by atoms with Gasteiger partial charge in [0, 0.05) is 6.20 Å². The first-order valence-corrected chi connectivity index (χ1v) is 4.96. The Hall–Kier alpha value is -2.68. The van der Waals surface area contributed by atoms with Gasteiger partial charge < -0.3 is 11.1 Å². The molecule has 0 aliphatic heterocycles. The van der Waals surface area contributed by atoms with Crippen molar-refractivity contribution in [2.24, 2.45) is 0 Å². The summed E-state index contributed by atoms with van der Waals surface area (Å²) in [6.45, 7) is 0.496. The third-order valence-corrected chi connectivity index (χ3v) is 2.11. The van der Waals surface area contributed by atoms with Crippen molar-refractivity contribution >= 4 is 11.5 Å². The first kappa shape index (κ1) is 10.8. The number of anilines is 2. The Morgan fingerprint density at radius 1 is 1.35 bits per heavy atom. The number of aromatic nitrogens is 3. The minimum Gasteiger partial charge on any atom is -0.396 e. The van der Waals surface area contributed by atoms with Gasteiger partial charge in [0.2, 0.25) is 0 Å². The SMILES string of the molecule is N#Cc1nc(NCc2cccnn2)ccc1N. The fraction of sp³-hybridized carbons (Fsp3) is 0.0909. The summed E-state index contributed by atoms with van der Waals surface area (Å²) in [7, 11) is 0. The van der Waals surface area contributed by atoms with Crippen LogP contribution in [-0.4, -0.2) is 15.2 Å². The molecular formula is C11H10N6. The van der Waals surface area contributed by atoms with Crippen molar-refractivity contribution < 1.29 is 0 Å². The molecule has 2 rings (SSSR count). The van der Waals surface area contributed by atoms with Crippen LogP contribution in [0.25, 0.3) is 0 Å². The van der Waals surface area contributed by atoms with Gasteiger partial charge in [-0.3, -0.25) is 0 Å². The highest BCUT2D eigenvalue weighted by Gasteiger charge is 2.02. The van der Waals surface area contributed by atoms with Crippen LogP contribution in [-0.2, 0) is 6.54 Å². The second kappa shape index (κ2) is 4.90. The molecule has 17 heavy (non-hydrogen) atoms. The number of nitriles is 1. The number of rotatable bonds is 3. The summed E-state index contributed by atoms with van der Waals surface area (Å²) in [6, 6.07) is 8.94. The molecule has 0 radical (unpaired) electrons. The predicted molar refractivity (Wildman–Crippen MR) is 62.7 cm³/mol. The fourth-order valence-electron chi connectivity index (χ4n) is 1.27. The molecule has 3 N–H and O–H groups in total. The maximum Gasteiger partial charge on any atom is 0.165 e. The van der Waals surface area contributed by atoms with Gasteiger partial charge in [-0.15, -0.1) is 0 Å². The molecule has 0 saturated carbocycles. The van der Waals surface area contributed by atoms with Crippen molar-refractivity contribution in [3.8, 4) is 6.07 Å². The summed E-state index contributed by atoms with van der Waals surface area (Å²) >= 11 is 0. The molecule has 6 nitrogen and oxygen atoms in total. The standard InChI is InChI=1S/C11H10N6/c12-6-10-9(13)3-4-11(16-10)14-7-8-2-1-5-15-17-8/h1-5H,7,13H2,(H,14,16). The number of nitrogen functional groups attached to an aromatic ring is 1. The largest absolute Gasteiger partial charge is 0.396 e. The number of nitrogens with one attached hydrogen (secondary N) is 1. The second-order valence-electron chi connectivity index (χ2n) is 3.31. The number of nitrogens with two attached hydrogens (primary N) is 1. The van der Waals surface area contributed by atoms with E-state index in [4.69, 9.17) is 11.0 Å². The molecule has 0 aliphatic rings. The maximum absolute atomic E-state index is 8.79. The van der Waals surface area contributed by atoms with Crippen molar-refractivity contribution in [3.05, 3.63) is 41.9 Å². The van der Waals surface area contributed by atoms with Crippen LogP contribution in [0, 0.1) is 11.3 Å². The van der Waals surface area contributed by atoms with Crippen LogP contribution < -0.4 is 11.1 Å². The Labute approximate surface area is 98.1 Å². The molecule has 0 amide bonds. The summed E-state index contributed by atoms with van der Waals surface area (Å²) in [5.41, 5.74) is 6.96. The Balaban J connectivity index is 2.08. The average molecular weight is 226 g/mol. The van der Waals surface area contributed by atoms with Gasteiger partial charge in [-0.25, -0.2) is 4.98 Å². The Morgan fingerprint density at radius 2 is 2.24 bits per heavy atom. The molecule has 0 aliphatic carbocycles. The molecule has 0 bridgehead atoms. The van der Waals surface area contributed by atoms with Crippen molar-refractivity contribution in [1.29, 1.82) is 5.26 Å². The van der Waals surface area contributed by atoms with E-state index in [9.17, 15) is 0 Å². The summed E-state index contributed by atoms with van der Waals surface area (Å²) < 4.78 is 0. The van der Waals surface area contributed by atoms with E-state index >= 15 is 0 Å². The minimum absolute atomic E-state index is 0.217. The Morgan fingerprint density at radius 3 is 2.94 bits per heavy atom. The van der Waals surface area contributed by atoms with Gasteiger partial charge in [0.05, 0.1) is 17.9 Å². The van der Waals surface area contributed by atoms with Gasteiger partial charge in [-0.05, 0) is 24.3 Å². The number of hydrogen-bond acceptors (Lipinski definition) is 6. The zero-order valence-electron chi connectivity index (χ0n) is 8.96. The molecule has 0 aromatic carbocycles. The quantitative estimate of drug-likeness (QED) is 0.807. The zero-order valence-corrected chi connectivity index (χ0v) is 8.96. The lowest BCUT2D eigenvalue weighted by atomic mass is 10.3. The van der Waals surface area contributed by atoms with E-state index in [-0.39, 0.29) is 5.69 Å². The van der Waals surface area contributed by atoms with Crippen LogP contribution >= 0.6 is 0 Å². The lowest BCUT2D eigenvalue weighted by Crippen LogP contribution is -2.05. The van der Waals surface area contributed by atoms with Crippen LogP contribution in [0.5, 0.6) is 0 Å².